The Morgan fingerprint density at radius 1 is 1.13 bits per heavy atom. The van der Waals surface area contributed by atoms with Crippen molar-refractivity contribution in [2.45, 2.75) is 0 Å². The number of fused-ring (bicyclic) bond motifs is 1. The van der Waals surface area contributed by atoms with E-state index >= 15 is 0 Å². The Hall–Kier alpha value is -1.28. The summed E-state index contributed by atoms with van der Waals surface area (Å²) in [6, 6.07) is 9.59. The fourth-order valence-electron chi connectivity index (χ4n) is 2.24. The summed E-state index contributed by atoms with van der Waals surface area (Å²) in [5.74, 6) is 0. The molecule has 0 spiro atoms. The van der Waals surface area contributed by atoms with E-state index in [1.807, 2.05) is 41.1 Å². The summed E-state index contributed by atoms with van der Waals surface area (Å²) in [4.78, 5) is 18.0. The highest BCUT2D eigenvalue weighted by molar-refractivity contribution is 9.11. The molecule has 4 aromatic rings. The van der Waals surface area contributed by atoms with E-state index < -0.39 is 0 Å². The van der Waals surface area contributed by atoms with E-state index in [1.165, 1.54) is 11.3 Å². The van der Waals surface area contributed by atoms with Gasteiger partial charge in [-0.3, -0.25) is 0 Å². The van der Waals surface area contributed by atoms with Gasteiger partial charge in [0.1, 0.15) is 5.01 Å². The maximum Gasteiger partial charge on any atom is 0.346 e. The molecule has 0 saturated heterocycles. The quantitative estimate of drug-likeness (QED) is 0.330. The molecule has 0 bridgehead atoms. The van der Waals surface area contributed by atoms with Crippen molar-refractivity contribution in [3.8, 4) is 21.1 Å². The second-order valence-corrected chi connectivity index (χ2v) is 8.34. The van der Waals surface area contributed by atoms with Crippen LogP contribution < -0.4 is 5.63 Å². The van der Waals surface area contributed by atoms with Crippen molar-refractivity contribution in [3.63, 3.8) is 0 Å². The van der Waals surface area contributed by atoms with Crippen LogP contribution in [-0.4, -0.2) is 4.98 Å². The molecule has 3 heterocycles. The molecule has 4 rings (SSSR count). The Balaban J connectivity index is 1.89. The minimum Gasteiger partial charge on any atom is -0.421 e. The van der Waals surface area contributed by atoms with Gasteiger partial charge in [0, 0.05) is 15.2 Å². The highest BCUT2D eigenvalue weighted by atomic mass is 79.9. The van der Waals surface area contributed by atoms with Crippen LogP contribution in [-0.2, 0) is 0 Å². The monoisotopic (exact) mass is 467 g/mol. The van der Waals surface area contributed by atoms with Crippen molar-refractivity contribution in [1.82, 2.24) is 4.98 Å². The molecule has 7 heteroatoms. The predicted molar refractivity (Wildman–Crippen MR) is 102 cm³/mol. The van der Waals surface area contributed by atoms with E-state index in [1.54, 1.807) is 11.3 Å². The Morgan fingerprint density at radius 3 is 2.78 bits per heavy atom. The van der Waals surface area contributed by atoms with Crippen molar-refractivity contribution in [3.05, 3.63) is 60.5 Å². The topological polar surface area (TPSA) is 43.1 Å². The van der Waals surface area contributed by atoms with Gasteiger partial charge in [0.05, 0.1) is 20.6 Å². The van der Waals surface area contributed by atoms with Gasteiger partial charge in [-0.05, 0) is 45.6 Å². The van der Waals surface area contributed by atoms with Crippen LogP contribution in [0.5, 0.6) is 0 Å². The van der Waals surface area contributed by atoms with Crippen LogP contribution in [0.4, 0.5) is 0 Å². The second-order valence-electron chi connectivity index (χ2n) is 4.77. The third-order valence-electron chi connectivity index (χ3n) is 3.26. The SMILES string of the molecule is O=c1oc2c(Br)cc(Br)cc2cc1-c1nc(-c2cccs2)cs1. The van der Waals surface area contributed by atoms with Crippen LogP contribution in [0.2, 0.25) is 0 Å². The molecule has 3 aromatic heterocycles. The van der Waals surface area contributed by atoms with Crippen molar-refractivity contribution >= 4 is 65.5 Å². The number of hydrogen-bond acceptors (Lipinski definition) is 5. The van der Waals surface area contributed by atoms with Gasteiger partial charge in [0.25, 0.3) is 0 Å². The molecule has 0 aliphatic heterocycles. The van der Waals surface area contributed by atoms with Gasteiger partial charge in [-0.2, -0.15) is 0 Å². The van der Waals surface area contributed by atoms with E-state index in [-0.39, 0.29) is 5.63 Å². The van der Waals surface area contributed by atoms with Gasteiger partial charge in [0.15, 0.2) is 5.58 Å². The third-order valence-corrected chi connectivity index (χ3v) is 6.07. The molecule has 23 heavy (non-hydrogen) atoms. The maximum absolute atomic E-state index is 12.3. The smallest absolute Gasteiger partial charge is 0.346 e. The second kappa shape index (κ2) is 5.98. The van der Waals surface area contributed by atoms with E-state index in [0.717, 1.165) is 24.9 Å². The number of rotatable bonds is 2. The van der Waals surface area contributed by atoms with Crippen LogP contribution in [0.1, 0.15) is 0 Å². The average molecular weight is 469 g/mol. The molecule has 3 nitrogen and oxygen atoms in total. The van der Waals surface area contributed by atoms with Crippen LogP contribution in [0.3, 0.4) is 0 Å². The molecule has 0 saturated carbocycles. The van der Waals surface area contributed by atoms with Crippen molar-refractivity contribution in [2.24, 2.45) is 0 Å². The van der Waals surface area contributed by atoms with Crippen molar-refractivity contribution in [2.75, 3.05) is 0 Å². The summed E-state index contributed by atoms with van der Waals surface area (Å²) in [5, 5.41) is 5.48. The summed E-state index contributed by atoms with van der Waals surface area (Å²) in [5.41, 5.74) is 1.52. The van der Waals surface area contributed by atoms with Crippen LogP contribution in [0.25, 0.3) is 32.1 Å². The van der Waals surface area contributed by atoms with Gasteiger partial charge < -0.3 is 4.42 Å². The predicted octanol–water partition coefficient (Wildman–Crippen LogP) is 6.17. The number of nitrogens with zero attached hydrogens (tertiary/aromatic N) is 1. The first-order valence-corrected chi connectivity index (χ1v) is 9.89. The van der Waals surface area contributed by atoms with Gasteiger partial charge in [-0.25, -0.2) is 9.78 Å². The highest BCUT2D eigenvalue weighted by Gasteiger charge is 2.14. The lowest BCUT2D eigenvalue weighted by Gasteiger charge is -2.02. The van der Waals surface area contributed by atoms with Crippen molar-refractivity contribution < 1.29 is 4.42 Å². The maximum atomic E-state index is 12.3. The van der Waals surface area contributed by atoms with E-state index in [4.69, 9.17) is 4.42 Å². The fourth-order valence-corrected chi connectivity index (χ4v) is 5.16. The number of thiazole rings is 1. The first kappa shape index (κ1) is 15.3. The van der Waals surface area contributed by atoms with Crippen LogP contribution in [0.15, 0.2) is 59.2 Å². The Morgan fingerprint density at radius 2 is 2.00 bits per heavy atom. The van der Waals surface area contributed by atoms with Gasteiger partial charge in [0.2, 0.25) is 0 Å². The van der Waals surface area contributed by atoms with Gasteiger partial charge in [-0.1, -0.05) is 22.0 Å². The number of hydrogen-bond donors (Lipinski definition) is 0. The van der Waals surface area contributed by atoms with E-state index in [2.05, 4.69) is 36.8 Å². The summed E-state index contributed by atoms with van der Waals surface area (Å²) in [6.45, 7) is 0. The highest BCUT2D eigenvalue weighted by Crippen LogP contribution is 2.33. The molecular weight excluding hydrogens is 462 g/mol. The molecule has 114 valence electrons. The molecule has 0 fully saturated rings. The Bertz CT molecular complexity index is 1070. The number of thiophene rings is 1. The number of halogens is 2. The first-order chi connectivity index (χ1) is 11.1. The van der Waals surface area contributed by atoms with Crippen LogP contribution >= 0.6 is 54.5 Å². The van der Waals surface area contributed by atoms with Gasteiger partial charge in [-0.15, -0.1) is 22.7 Å². The fraction of sp³-hybridized carbons (Fsp3) is 0. The molecule has 0 unspecified atom stereocenters. The molecule has 0 aliphatic carbocycles. The molecular formula is C16H7Br2NO2S2. The summed E-state index contributed by atoms with van der Waals surface area (Å²) in [6.07, 6.45) is 0. The van der Waals surface area contributed by atoms with Crippen LogP contribution in [0, 0.1) is 0 Å². The zero-order chi connectivity index (χ0) is 16.0. The normalized spacial score (nSPS) is 11.2. The third kappa shape index (κ3) is 2.82. The van der Waals surface area contributed by atoms with Crippen molar-refractivity contribution in [1.29, 1.82) is 0 Å². The minimum atomic E-state index is -0.382. The average Bonchev–Trinajstić information content (AvgIpc) is 3.18. The van der Waals surface area contributed by atoms with E-state index in [9.17, 15) is 4.79 Å². The lowest BCUT2D eigenvalue weighted by atomic mass is 10.2. The summed E-state index contributed by atoms with van der Waals surface area (Å²) in [7, 11) is 0. The summed E-state index contributed by atoms with van der Waals surface area (Å²) >= 11 is 9.94. The molecule has 0 amide bonds. The Kier molecular flexibility index (Phi) is 3.96. The number of aromatic nitrogens is 1. The molecule has 0 radical (unpaired) electrons. The number of benzene rings is 1. The standard InChI is InChI=1S/C16H7Br2NO2S2/c17-9-4-8-5-10(16(20)21-14(8)11(18)6-9)15-19-12(7-23-15)13-2-1-3-22-13/h1-7H. The largest absolute Gasteiger partial charge is 0.421 e. The Labute approximate surface area is 155 Å². The zero-order valence-corrected chi connectivity index (χ0v) is 16.2. The zero-order valence-electron chi connectivity index (χ0n) is 11.4. The van der Waals surface area contributed by atoms with E-state index in [0.29, 0.717) is 16.2 Å². The minimum absolute atomic E-state index is 0.382. The molecule has 0 N–H and O–H groups in total. The lowest BCUT2D eigenvalue weighted by Crippen LogP contribution is -2.02. The first-order valence-electron chi connectivity index (χ1n) is 6.54. The molecule has 1 aromatic carbocycles. The van der Waals surface area contributed by atoms with Gasteiger partial charge >= 0.3 is 5.63 Å². The molecule has 0 aliphatic rings. The lowest BCUT2D eigenvalue weighted by molar-refractivity contribution is 0.561. The summed E-state index contributed by atoms with van der Waals surface area (Å²) < 4.78 is 7.13. The molecule has 0 atom stereocenters.